The SMILES string of the molecule is Cc1cccnc1Cn1c(N)nc2cc(Cl)ccc21. The van der Waals surface area contributed by atoms with Crippen LogP contribution in [0.5, 0.6) is 0 Å². The first kappa shape index (κ1) is 12.0. The van der Waals surface area contributed by atoms with Crippen molar-refractivity contribution >= 4 is 28.6 Å². The van der Waals surface area contributed by atoms with Gasteiger partial charge >= 0.3 is 0 Å². The second-order valence-corrected chi connectivity index (χ2v) is 4.89. The maximum atomic E-state index is 5.98. The number of nitrogens with two attached hydrogens (primary N) is 1. The van der Waals surface area contributed by atoms with Crippen LogP contribution in [0.1, 0.15) is 11.3 Å². The van der Waals surface area contributed by atoms with Gasteiger partial charge < -0.3 is 10.3 Å². The summed E-state index contributed by atoms with van der Waals surface area (Å²) in [6.45, 7) is 2.64. The van der Waals surface area contributed by atoms with Crippen LogP contribution >= 0.6 is 11.6 Å². The molecule has 0 aliphatic heterocycles. The fraction of sp³-hybridized carbons (Fsp3) is 0.143. The molecule has 0 bridgehead atoms. The molecule has 1 aromatic carbocycles. The molecule has 2 aromatic heterocycles. The number of imidazole rings is 1. The van der Waals surface area contributed by atoms with Crippen molar-refractivity contribution in [3.05, 3.63) is 52.8 Å². The van der Waals surface area contributed by atoms with Gasteiger partial charge in [0.25, 0.3) is 0 Å². The highest BCUT2D eigenvalue weighted by molar-refractivity contribution is 6.31. The normalized spacial score (nSPS) is 11.1. The molecule has 0 fully saturated rings. The minimum atomic E-state index is 0.474. The van der Waals surface area contributed by atoms with Gasteiger partial charge in [0.1, 0.15) is 0 Å². The van der Waals surface area contributed by atoms with E-state index in [1.54, 1.807) is 6.20 Å². The molecule has 3 aromatic rings. The third kappa shape index (κ3) is 2.15. The van der Waals surface area contributed by atoms with Gasteiger partial charge in [0, 0.05) is 11.2 Å². The molecule has 5 heteroatoms. The van der Waals surface area contributed by atoms with E-state index in [0.29, 0.717) is 17.5 Å². The molecule has 0 atom stereocenters. The predicted molar refractivity (Wildman–Crippen MR) is 77.2 cm³/mol. The van der Waals surface area contributed by atoms with Crippen LogP contribution in [0.4, 0.5) is 5.95 Å². The molecule has 0 saturated carbocycles. The zero-order valence-electron chi connectivity index (χ0n) is 10.5. The summed E-state index contributed by atoms with van der Waals surface area (Å²) in [5, 5.41) is 0.658. The maximum Gasteiger partial charge on any atom is 0.201 e. The van der Waals surface area contributed by atoms with Gasteiger partial charge in [-0.2, -0.15) is 0 Å². The Hall–Kier alpha value is -2.07. The van der Waals surface area contributed by atoms with Gasteiger partial charge in [0.2, 0.25) is 5.95 Å². The second-order valence-electron chi connectivity index (χ2n) is 4.46. The Balaban J connectivity index is 2.10. The molecule has 0 aliphatic rings. The Morgan fingerprint density at radius 2 is 2.16 bits per heavy atom. The van der Waals surface area contributed by atoms with Crippen molar-refractivity contribution in [2.45, 2.75) is 13.5 Å². The van der Waals surface area contributed by atoms with Crippen molar-refractivity contribution in [1.29, 1.82) is 0 Å². The lowest BCUT2D eigenvalue weighted by Gasteiger charge is -2.08. The zero-order valence-corrected chi connectivity index (χ0v) is 11.2. The third-order valence-corrected chi connectivity index (χ3v) is 3.40. The summed E-state index contributed by atoms with van der Waals surface area (Å²) in [6.07, 6.45) is 1.79. The Bertz CT molecular complexity index is 748. The molecule has 0 saturated heterocycles. The molecule has 2 N–H and O–H groups in total. The number of benzene rings is 1. The molecule has 0 amide bonds. The van der Waals surface area contributed by atoms with E-state index >= 15 is 0 Å². The number of rotatable bonds is 2. The summed E-state index contributed by atoms with van der Waals surface area (Å²) in [7, 11) is 0. The molecular formula is C14H13ClN4. The van der Waals surface area contributed by atoms with Crippen LogP contribution in [0.2, 0.25) is 5.02 Å². The number of fused-ring (bicyclic) bond motifs is 1. The van der Waals surface area contributed by atoms with E-state index in [1.807, 2.05) is 41.8 Å². The Kier molecular flexibility index (Phi) is 2.87. The van der Waals surface area contributed by atoms with Crippen molar-refractivity contribution in [2.75, 3.05) is 5.73 Å². The lowest BCUT2D eigenvalue weighted by molar-refractivity contribution is 0.802. The maximum absolute atomic E-state index is 5.98. The lowest BCUT2D eigenvalue weighted by Crippen LogP contribution is -2.07. The van der Waals surface area contributed by atoms with Gasteiger partial charge in [0.05, 0.1) is 23.3 Å². The number of halogens is 1. The highest BCUT2D eigenvalue weighted by Crippen LogP contribution is 2.22. The van der Waals surface area contributed by atoms with Crippen molar-refractivity contribution in [3.8, 4) is 0 Å². The number of pyridine rings is 1. The number of hydrogen-bond acceptors (Lipinski definition) is 3. The Labute approximate surface area is 115 Å². The molecule has 2 heterocycles. The minimum Gasteiger partial charge on any atom is -0.369 e. The van der Waals surface area contributed by atoms with Gasteiger partial charge in [-0.25, -0.2) is 4.98 Å². The van der Waals surface area contributed by atoms with Crippen LogP contribution in [-0.2, 0) is 6.54 Å². The predicted octanol–water partition coefficient (Wildman–Crippen LogP) is 3.02. The van der Waals surface area contributed by atoms with Crippen molar-refractivity contribution in [1.82, 2.24) is 14.5 Å². The highest BCUT2D eigenvalue weighted by atomic mass is 35.5. The molecule has 4 nitrogen and oxygen atoms in total. The van der Waals surface area contributed by atoms with Gasteiger partial charge in [-0.1, -0.05) is 17.7 Å². The third-order valence-electron chi connectivity index (χ3n) is 3.17. The quantitative estimate of drug-likeness (QED) is 0.780. The summed E-state index contributed by atoms with van der Waals surface area (Å²) >= 11 is 5.96. The second kappa shape index (κ2) is 4.55. The van der Waals surface area contributed by atoms with Gasteiger partial charge in [0.15, 0.2) is 0 Å². The van der Waals surface area contributed by atoms with E-state index < -0.39 is 0 Å². The van der Waals surface area contributed by atoms with Gasteiger partial charge in [-0.15, -0.1) is 0 Å². The van der Waals surface area contributed by atoms with Crippen molar-refractivity contribution in [2.24, 2.45) is 0 Å². The number of aryl methyl sites for hydroxylation is 1. The van der Waals surface area contributed by atoms with Crippen molar-refractivity contribution in [3.63, 3.8) is 0 Å². The number of aromatic nitrogens is 3. The minimum absolute atomic E-state index is 0.474. The monoisotopic (exact) mass is 272 g/mol. The zero-order chi connectivity index (χ0) is 13.4. The summed E-state index contributed by atoms with van der Waals surface area (Å²) < 4.78 is 1.95. The average molecular weight is 273 g/mol. The average Bonchev–Trinajstić information content (AvgIpc) is 2.68. The number of nitrogen functional groups attached to an aromatic ring is 1. The van der Waals surface area contributed by atoms with Crippen LogP contribution in [0.3, 0.4) is 0 Å². The Morgan fingerprint density at radius 1 is 1.32 bits per heavy atom. The summed E-state index contributed by atoms with van der Waals surface area (Å²) in [4.78, 5) is 8.72. The molecule has 0 aliphatic carbocycles. The molecule has 3 rings (SSSR count). The molecule has 0 radical (unpaired) electrons. The topological polar surface area (TPSA) is 56.7 Å². The highest BCUT2D eigenvalue weighted by Gasteiger charge is 2.10. The standard InChI is InChI=1S/C14H13ClN4/c1-9-3-2-6-17-12(9)8-19-13-5-4-10(15)7-11(13)18-14(19)16/h2-7H,8H2,1H3,(H2,16,18). The molecule has 0 spiro atoms. The lowest BCUT2D eigenvalue weighted by atomic mass is 10.2. The van der Waals surface area contributed by atoms with E-state index in [4.69, 9.17) is 17.3 Å². The first-order chi connectivity index (χ1) is 9.15. The van der Waals surface area contributed by atoms with Gasteiger partial charge in [-0.3, -0.25) is 4.98 Å². The molecule has 96 valence electrons. The summed E-state index contributed by atoms with van der Waals surface area (Å²) in [5.74, 6) is 0.474. The van der Waals surface area contributed by atoms with Gasteiger partial charge in [-0.05, 0) is 36.8 Å². The van der Waals surface area contributed by atoms with Crippen LogP contribution in [0, 0.1) is 6.92 Å². The molecule has 0 unspecified atom stereocenters. The van der Waals surface area contributed by atoms with Crippen molar-refractivity contribution < 1.29 is 0 Å². The van der Waals surface area contributed by atoms with E-state index in [9.17, 15) is 0 Å². The number of anilines is 1. The first-order valence-corrected chi connectivity index (χ1v) is 6.35. The number of hydrogen-bond donors (Lipinski definition) is 1. The van der Waals surface area contributed by atoms with E-state index in [0.717, 1.165) is 22.3 Å². The fourth-order valence-electron chi connectivity index (χ4n) is 2.12. The van der Waals surface area contributed by atoms with E-state index in [1.165, 1.54) is 0 Å². The van der Waals surface area contributed by atoms with E-state index in [2.05, 4.69) is 9.97 Å². The van der Waals surface area contributed by atoms with E-state index in [-0.39, 0.29) is 0 Å². The Morgan fingerprint density at radius 3 is 2.95 bits per heavy atom. The van der Waals surface area contributed by atoms with Crippen LogP contribution < -0.4 is 5.73 Å². The largest absolute Gasteiger partial charge is 0.369 e. The summed E-state index contributed by atoms with van der Waals surface area (Å²) in [6, 6.07) is 9.55. The van der Waals surface area contributed by atoms with Crippen LogP contribution in [0.15, 0.2) is 36.5 Å². The molecular weight excluding hydrogens is 260 g/mol. The smallest absolute Gasteiger partial charge is 0.201 e. The van der Waals surface area contributed by atoms with Crippen LogP contribution in [-0.4, -0.2) is 14.5 Å². The first-order valence-electron chi connectivity index (χ1n) is 5.97. The fourth-order valence-corrected chi connectivity index (χ4v) is 2.29. The van der Waals surface area contributed by atoms with Crippen LogP contribution in [0.25, 0.3) is 11.0 Å². The molecule has 19 heavy (non-hydrogen) atoms. The number of nitrogens with zero attached hydrogens (tertiary/aromatic N) is 3. The summed E-state index contributed by atoms with van der Waals surface area (Å²) in [5.41, 5.74) is 9.88.